The molecular formula is C15H17N3OS. The molecule has 3 heterocycles. The van der Waals surface area contributed by atoms with Gasteiger partial charge in [-0.3, -0.25) is 9.89 Å². The number of hydrogen-bond donors (Lipinski definition) is 1. The predicted octanol–water partition coefficient (Wildman–Crippen LogP) is 3.27. The Bertz CT molecular complexity index is 797. The first-order valence-corrected chi connectivity index (χ1v) is 7.73. The Balaban J connectivity index is 2.10. The zero-order valence-electron chi connectivity index (χ0n) is 11.6. The Labute approximate surface area is 121 Å². The summed E-state index contributed by atoms with van der Waals surface area (Å²) in [5, 5.41) is 3.10. The van der Waals surface area contributed by atoms with Gasteiger partial charge < -0.3 is 0 Å². The molecule has 0 bridgehead atoms. The second-order valence-corrected chi connectivity index (χ2v) is 5.99. The lowest BCUT2D eigenvalue weighted by Gasteiger charge is -1.97. The van der Waals surface area contributed by atoms with Crippen molar-refractivity contribution in [3.63, 3.8) is 0 Å². The minimum atomic E-state index is -0.0567. The predicted molar refractivity (Wildman–Crippen MR) is 82.5 cm³/mol. The Morgan fingerprint density at radius 2 is 2.15 bits per heavy atom. The van der Waals surface area contributed by atoms with Crippen LogP contribution in [0.3, 0.4) is 0 Å². The van der Waals surface area contributed by atoms with Gasteiger partial charge in [0.2, 0.25) is 0 Å². The molecule has 3 aromatic rings. The van der Waals surface area contributed by atoms with Crippen LogP contribution in [0.5, 0.6) is 0 Å². The van der Waals surface area contributed by atoms with Crippen LogP contribution in [0.2, 0.25) is 0 Å². The summed E-state index contributed by atoms with van der Waals surface area (Å²) in [6, 6.07) is 7.71. The van der Waals surface area contributed by atoms with E-state index in [1.807, 2.05) is 12.1 Å². The number of nitrogens with one attached hydrogen (secondary N) is 1. The highest BCUT2D eigenvalue weighted by molar-refractivity contribution is 7.15. The quantitative estimate of drug-likeness (QED) is 0.800. The molecule has 0 fully saturated rings. The number of nitrogens with zero attached hydrogens (tertiary/aromatic N) is 2. The lowest BCUT2D eigenvalue weighted by molar-refractivity contribution is 0.818. The van der Waals surface area contributed by atoms with Gasteiger partial charge in [-0.05, 0) is 25.0 Å². The highest BCUT2D eigenvalue weighted by atomic mass is 32.1. The molecule has 0 saturated carbocycles. The summed E-state index contributed by atoms with van der Waals surface area (Å²) in [6.07, 6.45) is 2.98. The van der Waals surface area contributed by atoms with Crippen molar-refractivity contribution < 1.29 is 0 Å². The number of thiophene rings is 1. The van der Waals surface area contributed by atoms with Gasteiger partial charge in [-0.15, -0.1) is 11.3 Å². The fourth-order valence-corrected chi connectivity index (χ4v) is 3.18. The molecule has 3 aromatic heterocycles. The monoisotopic (exact) mass is 287 g/mol. The van der Waals surface area contributed by atoms with Crippen LogP contribution in [0.15, 0.2) is 29.1 Å². The van der Waals surface area contributed by atoms with E-state index in [2.05, 4.69) is 30.0 Å². The molecule has 5 heteroatoms. The number of rotatable bonds is 4. The third-order valence-electron chi connectivity index (χ3n) is 3.29. The van der Waals surface area contributed by atoms with E-state index >= 15 is 0 Å². The molecule has 104 valence electrons. The zero-order chi connectivity index (χ0) is 14.1. The van der Waals surface area contributed by atoms with Gasteiger partial charge in [0, 0.05) is 22.7 Å². The molecule has 0 radical (unpaired) electrons. The standard InChI is InChI=1S/C15H17N3OS/c1-3-5-10-8-14-16-12(9-15(19)18(14)17-10)13-7-6-11(4-2)20-13/h6-9,17H,3-5H2,1-2H3. The van der Waals surface area contributed by atoms with Gasteiger partial charge in [0.25, 0.3) is 5.56 Å². The minimum absolute atomic E-state index is 0.0567. The fraction of sp³-hybridized carbons (Fsp3) is 0.333. The molecule has 0 aliphatic carbocycles. The Morgan fingerprint density at radius 1 is 1.30 bits per heavy atom. The third kappa shape index (κ3) is 2.29. The van der Waals surface area contributed by atoms with Crippen LogP contribution in [-0.4, -0.2) is 14.6 Å². The first-order valence-electron chi connectivity index (χ1n) is 6.92. The molecular weight excluding hydrogens is 270 g/mol. The van der Waals surface area contributed by atoms with Crippen LogP contribution < -0.4 is 5.56 Å². The molecule has 4 nitrogen and oxygen atoms in total. The van der Waals surface area contributed by atoms with E-state index in [4.69, 9.17) is 0 Å². The summed E-state index contributed by atoms with van der Waals surface area (Å²) in [5.74, 6) is 0. The highest BCUT2D eigenvalue weighted by Gasteiger charge is 2.09. The molecule has 0 spiro atoms. The molecule has 0 atom stereocenters. The largest absolute Gasteiger partial charge is 0.294 e. The molecule has 0 aliphatic heterocycles. The summed E-state index contributed by atoms with van der Waals surface area (Å²) >= 11 is 1.70. The van der Waals surface area contributed by atoms with Crippen molar-refractivity contribution in [3.05, 3.63) is 45.2 Å². The third-order valence-corrected chi connectivity index (χ3v) is 4.54. The minimum Gasteiger partial charge on any atom is -0.294 e. The average Bonchev–Trinajstić information content (AvgIpc) is 3.05. The first kappa shape index (κ1) is 13.1. The molecule has 0 aliphatic rings. The van der Waals surface area contributed by atoms with Crippen LogP contribution in [-0.2, 0) is 12.8 Å². The normalized spacial score (nSPS) is 11.3. The van der Waals surface area contributed by atoms with Crippen LogP contribution in [0.25, 0.3) is 16.2 Å². The summed E-state index contributed by atoms with van der Waals surface area (Å²) in [5.41, 5.74) is 2.46. The molecule has 0 saturated heterocycles. The summed E-state index contributed by atoms with van der Waals surface area (Å²) in [4.78, 5) is 19.1. The maximum atomic E-state index is 12.2. The number of aromatic nitrogens is 3. The number of aromatic amines is 1. The average molecular weight is 287 g/mol. The Hall–Kier alpha value is -1.88. The molecule has 0 amide bonds. The second kappa shape index (κ2) is 5.25. The molecule has 0 unspecified atom stereocenters. The van der Waals surface area contributed by atoms with Crippen LogP contribution in [0, 0.1) is 0 Å². The van der Waals surface area contributed by atoms with Gasteiger partial charge in [0.15, 0.2) is 5.65 Å². The van der Waals surface area contributed by atoms with Gasteiger partial charge in [0.05, 0.1) is 10.6 Å². The first-order chi connectivity index (χ1) is 9.71. The van der Waals surface area contributed by atoms with Gasteiger partial charge in [-0.1, -0.05) is 20.3 Å². The van der Waals surface area contributed by atoms with Crippen molar-refractivity contribution in [1.29, 1.82) is 0 Å². The van der Waals surface area contributed by atoms with Crippen molar-refractivity contribution in [2.45, 2.75) is 33.1 Å². The van der Waals surface area contributed by atoms with E-state index in [9.17, 15) is 4.79 Å². The van der Waals surface area contributed by atoms with Crippen molar-refractivity contribution in [2.24, 2.45) is 0 Å². The van der Waals surface area contributed by atoms with Crippen molar-refractivity contribution >= 4 is 17.0 Å². The van der Waals surface area contributed by atoms with Crippen LogP contribution in [0.4, 0.5) is 0 Å². The summed E-state index contributed by atoms with van der Waals surface area (Å²) in [6.45, 7) is 4.25. The van der Waals surface area contributed by atoms with E-state index in [1.165, 1.54) is 9.39 Å². The van der Waals surface area contributed by atoms with Gasteiger partial charge in [-0.25, -0.2) is 9.50 Å². The molecule has 3 rings (SSSR count). The van der Waals surface area contributed by atoms with E-state index in [0.717, 1.165) is 35.5 Å². The Morgan fingerprint density at radius 3 is 2.85 bits per heavy atom. The van der Waals surface area contributed by atoms with Crippen molar-refractivity contribution in [1.82, 2.24) is 14.6 Å². The molecule has 1 N–H and O–H groups in total. The number of fused-ring (bicyclic) bond motifs is 1. The van der Waals surface area contributed by atoms with E-state index in [1.54, 1.807) is 17.4 Å². The SMILES string of the molecule is CCCc1cc2nc(-c3ccc(CC)s3)cc(=O)n2[nH]1. The zero-order valence-corrected chi connectivity index (χ0v) is 12.5. The van der Waals surface area contributed by atoms with Crippen molar-refractivity contribution in [2.75, 3.05) is 0 Å². The van der Waals surface area contributed by atoms with Gasteiger partial charge in [-0.2, -0.15) is 0 Å². The molecule has 0 aromatic carbocycles. The van der Waals surface area contributed by atoms with Gasteiger partial charge >= 0.3 is 0 Å². The van der Waals surface area contributed by atoms with Crippen LogP contribution in [0.1, 0.15) is 30.8 Å². The lowest BCUT2D eigenvalue weighted by Crippen LogP contribution is -2.14. The number of hydrogen-bond acceptors (Lipinski definition) is 3. The number of aryl methyl sites for hydroxylation is 2. The van der Waals surface area contributed by atoms with E-state index in [0.29, 0.717) is 5.65 Å². The highest BCUT2D eigenvalue weighted by Crippen LogP contribution is 2.26. The number of H-pyrrole nitrogens is 1. The molecule has 20 heavy (non-hydrogen) atoms. The smallest absolute Gasteiger partial charge is 0.273 e. The van der Waals surface area contributed by atoms with E-state index < -0.39 is 0 Å². The Kier molecular flexibility index (Phi) is 3.44. The fourth-order valence-electron chi connectivity index (χ4n) is 2.27. The summed E-state index contributed by atoms with van der Waals surface area (Å²) < 4.78 is 1.52. The maximum absolute atomic E-state index is 12.2. The summed E-state index contributed by atoms with van der Waals surface area (Å²) in [7, 11) is 0. The van der Waals surface area contributed by atoms with E-state index in [-0.39, 0.29) is 5.56 Å². The topological polar surface area (TPSA) is 50.2 Å². The second-order valence-electron chi connectivity index (χ2n) is 4.82. The lowest BCUT2D eigenvalue weighted by atomic mass is 10.2. The van der Waals surface area contributed by atoms with Gasteiger partial charge in [0.1, 0.15) is 0 Å². The van der Waals surface area contributed by atoms with Crippen LogP contribution >= 0.6 is 11.3 Å². The maximum Gasteiger partial charge on any atom is 0.273 e. The van der Waals surface area contributed by atoms with Crippen molar-refractivity contribution in [3.8, 4) is 10.6 Å².